The van der Waals surface area contributed by atoms with Gasteiger partial charge in [-0.1, -0.05) is 59.6 Å². The number of hydrogen-bond acceptors (Lipinski definition) is 3. The third-order valence-electron chi connectivity index (χ3n) is 3.67. The Morgan fingerprint density at radius 1 is 0.778 bits per heavy atom. The molecule has 8 heteroatoms. The van der Waals surface area contributed by atoms with Gasteiger partial charge in [0.25, 0.3) is 15.9 Å². The van der Waals surface area contributed by atoms with Crippen LogP contribution in [0, 0.1) is 0 Å². The van der Waals surface area contributed by atoms with Crippen LogP contribution in [0.3, 0.4) is 0 Å². The topological polar surface area (TPSA) is 75.3 Å². The van der Waals surface area contributed by atoms with Crippen molar-refractivity contribution in [3.8, 4) is 0 Å². The second-order valence-electron chi connectivity index (χ2n) is 5.52. The first-order valence-corrected chi connectivity index (χ1v) is 10.0. The summed E-state index contributed by atoms with van der Waals surface area (Å²) in [6.07, 6.45) is 0. The number of rotatable bonds is 5. The number of sulfonamides is 1. The lowest BCUT2D eigenvalue weighted by Crippen LogP contribution is -2.18. The van der Waals surface area contributed by atoms with Crippen molar-refractivity contribution in [2.24, 2.45) is 0 Å². The minimum atomic E-state index is -3.83. The molecule has 0 saturated heterocycles. The van der Waals surface area contributed by atoms with Crippen LogP contribution < -0.4 is 10.0 Å². The van der Waals surface area contributed by atoms with E-state index in [0.717, 1.165) is 0 Å². The van der Waals surface area contributed by atoms with Gasteiger partial charge in [0.15, 0.2) is 0 Å². The minimum Gasteiger partial charge on any atom is -0.321 e. The van der Waals surface area contributed by atoms with Crippen molar-refractivity contribution in [2.75, 3.05) is 10.0 Å². The average molecular weight is 421 g/mol. The summed E-state index contributed by atoms with van der Waals surface area (Å²) in [5, 5.41) is 3.15. The van der Waals surface area contributed by atoms with E-state index in [2.05, 4.69) is 10.0 Å². The van der Waals surface area contributed by atoms with Crippen LogP contribution in [0.25, 0.3) is 0 Å². The number of carbonyl (C=O) groups excluding carboxylic acids is 1. The largest absolute Gasteiger partial charge is 0.321 e. The number of para-hydroxylation sites is 1. The summed E-state index contributed by atoms with van der Waals surface area (Å²) in [6, 6.07) is 19.0. The molecule has 5 nitrogen and oxygen atoms in total. The van der Waals surface area contributed by atoms with Gasteiger partial charge in [-0.25, -0.2) is 8.42 Å². The summed E-state index contributed by atoms with van der Waals surface area (Å²) < 4.78 is 27.6. The van der Waals surface area contributed by atoms with Crippen LogP contribution >= 0.6 is 23.2 Å². The number of anilines is 2. The predicted molar refractivity (Wildman–Crippen MR) is 108 cm³/mol. The Hall–Kier alpha value is -2.54. The standard InChI is InChI=1S/C19H14Cl2N2O3S/c20-15-10-6-12-17(18(15)21)22-19(24)14-9-4-5-11-16(14)23-27(25,26)13-7-2-1-3-8-13/h1-12,23H,(H,22,24). The van der Waals surface area contributed by atoms with Gasteiger partial charge in [-0.15, -0.1) is 0 Å². The molecule has 0 saturated carbocycles. The van der Waals surface area contributed by atoms with Gasteiger partial charge in [-0.05, 0) is 36.4 Å². The Kier molecular flexibility index (Phi) is 5.70. The van der Waals surface area contributed by atoms with Crippen molar-refractivity contribution in [3.05, 3.63) is 88.4 Å². The zero-order valence-corrected chi connectivity index (χ0v) is 16.1. The fraction of sp³-hybridized carbons (Fsp3) is 0. The molecule has 138 valence electrons. The average Bonchev–Trinajstić information content (AvgIpc) is 2.66. The molecule has 3 rings (SSSR count). The lowest BCUT2D eigenvalue weighted by Gasteiger charge is -2.13. The Morgan fingerprint density at radius 2 is 1.41 bits per heavy atom. The summed E-state index contributed by atoms with van der Waals surface area (Å²) in [5.41, 5.74) is 0.625. The summed E-state index contributed by atoms with van der Waals surface area (Å²) in [6.45, 7) is 0. The van der Waals surface area contributed by atoms with E-state index in [1.165, 1.54) is 24.3 Å². The normalized spacial score (nSPS) is 11.0. The zero-order valence-electron chi connectivity index (χ0n) is 13.8. The SMILES string of the molecule is O=C(Nc1cccc(Cl)c1Cl)c1ccccc1NS(=O)(=O)c1ccccc1. The van der Waals surface area contributed by atoms with Crippen molar-refractivity contribution >= 4 is 50.5 Å². The van der Waals surface area contributed by atoms with Crippen molar-refractivity contribution in [1.82, 2.24) is 0 Å². The Balaban J connectivity index is 1.90. The molecule has 3 aromatic rings. The van der Waals surface area contributed by atoms with E-state index in [4.69, 9.17) is 23.2 Å². The van der Waals surface area contributed by atoms with E-state index in [0.29, 0.717) is 10.7 Å². The molecule has 0 unspecified atom stereocenters. The fourth-order valence-electron chi connectivity index (χ4n) is 2.36. The molecule has 3 aromatic carbocycles. The van der Waals surface area contributed by atoms with Gasteiger partial charge in [0, 0.05) is 0 Å². The van der Waals surface area contributed by atoms with Gasteiger partial charge >= 0.3 is 0 Å². The highest BCUT2D eigenvalue weighted by atomic mass is 35.5. The molecule has 0 aliphatic carbocycles. The van der Waals surface area contributed by atoms with Crippen LogP contribution in [0.2, 0.25) is 10.0 Å². The lowest BCUT2D eigenvalue weighted by atomic mass is 10.1. The Bertz CT molecular complexity index is 1090. The number of amides is 1. The third kappa shape index (κ3) is 4.42. The summed E-state index contributed by atoms with van der Waals surface area (Å²) in [7, 11) is -3.83. The van der Waals surface area contributed by atoms with Gasteiger partial charge < -0.3 is 5.32 Å². The third-order valence-corrected chi connectivity index (χ3v) is 5.87. The minimum absolute atomic E-state index is 0.0955. The molecule has 0 aliphatic rings. The van der Waals surface area contributed by atoms with E-state index in [9.17, 15) is 13.2 Å². The van der Waals surface area contributed by atoms with Gasteiger partial charge in [-0.2, -0.15) is 0 Å². The number of halogens is 2. The number of benzene rings is 3. The Morgan fingerprint density at radius 3 is 2.15 bits per heavy atom. The maximum absolute atomic E-state index is 12.7. The van der Waals surface area contributed by atoms with Crippen LogP contribution in [0.15, 0.2) is 77.7 Å². The maximum atomic E-state index is 12.7. The smallest absolute Gasteiger partial charge is 0.261 e. The number of hydrogen-bond donors (Lipinski definition) is 2. The van der Waals surface area contributed by atoms with Crippen molar-refractivity contribution in [1.29, 1.82) is 0 Å². The quantitative estimate of drug-likeness (QED) is 0.606. The second kappa shape index (κ2) is 8.00. The highest BCUT2D eigenvalue weighted by Gasteiger charge is 2.19. The lowest BCUT2D eigenvalue weighted by molar-refractivity contribution is 0.102. The molecule has 0 fully saturated rings. The van der Waals surface area contributed by atoms with Crippen molar-refractivity contribution in [2.45, 2.75) is 4.90 Å². The van der Waals surface area contributed by atoms with Gasteiger partial charge in [0.1, 0.15) is 0 Å². The predicted octanol–water partition coefficient (Wildman–Crippen LogP) is 5.05. The van der Waals surface area contributed by atoms with E-state index < -0.39 is 15.9 Å². The van der Waals surface area contributed by atoms with E-state index in [-0.39, 0.29) is 21.2 Å². The van der Waals surface area contributed by atoms with Gasteiger partial charge in [0.2, 0.25) is 0 Å². The van der Waals surface area contributed by atoms with Gasteiger partial charge in [0.05, 0.1) is 31.9 Å². The molecular formula is C19H14Cl2N2O3S. The molecule has 0 bridgehead atoms. The van der Waals surface area contributed by atoms with Crippen molar-refractivity contribution < 1.29 is 13.2 Å². The summed E-state index contributed by atoms with van der Waals surface area (Å²) in [4.78, 5) is 12.8. The molecule has 0 aromatic heterocycles. The first kappa shape index (κ1) is 19.2. The first-order valence-electron chi connectivity index (χ1n) is 7.81. The number of nitrogens with one attached hydrogen (secondary N) is 2. The molecule has 2 N–H and O–H groups in total. The molecule has 27 heavy (non-hydrogen) atoms. The molecule has 0 atom stereocenters. The molecule has 1 amide bonds. The molecule has 0 aliphatic heterocycles. The fourth-order valence-corrected chi connectivity index (χ4v) is 3.81. The van der Waals surface area contributed by atoms with Crippen molar-refractivity contribution in [3.63, 3.8) is 0 Å². The van der Waals surface area contributed by atoms with Crippen LogP contribution in [0.5, 0.6) is 0 Å². The van der Waals surface area contributed by atoms with Crippen LogP contribution in [-0.2, 0) is 10.0 Å². The molecule has 0 radical (unpaired) electrons. The summed E-state index contributed by atoms with van der Waals surface area (Å²) in [5.74, 6) is -0.523. The maximum Gasteiger partial charge on any atom is 0.261 e. The number of carbonyl (C=O) groups is 1. The highest BCUT2D eigenvalue weighted by molar-refractivity contribution is 7.92. The first-order chi connectivity index (χ1) is 12.9. The molecular weight excluding hydrogens is 407 g/mol. The second-order valence-corrected chi connectivity index (χ2v) is 7.99. The highest BCUT2D eigenvalue weighted by Crippen LogP contribution is 2.30. The van der Waals surface area contributed by atoms with Crippen LogP contribution in [0.1, 0.15) is 10.4 Å². The molecule has 0 spiro atoms. The van der Waals surface area contributed by atoms with E-state index >= 15 is 0 Å². The summed E-state index contributed by atoms with van der Waals surface area (Å²) >= 11 is 12.0. The zero-order chi connectivity index (χ0) is 19.4. The van der Waals surface area contributed by atoms with Crippen LogP contribution in [0.4, 0.5) is 11.4 Å². The van der Waals surface area contributed by atoms with Crippen LogP contribution in [-0.4, -0.2) is 14.3 Å². The van der Waals surface area contributed by atoms with E-state index in [1.54, 1.807) is 48.5 Å². The monoisotopic (exact) mass is 420 g/mol. The van der Waals surface area contributed by atoms with E-state index in [1.807, 2.05) is 0 Å². The van der Waals surface area contributed by atoms with Gasteiger partial charge in [-0.3, -0.25) is 9.52 Å². The molecule has 0 heterocycles. The Labute approximate surface area is 167 Å².